The predicted octanol–water partition coefficient (Wildman–Crippen LogP) is 1.82. The van der Waals surface area contributed by atoms with Crippen LogP contribution in [0, 0.1) is 12.7 Å². The standard InChI is InChI=1S/C15H15FN4O/c1-9-12(7-18-8-19-9)15(21)20-13-3-2-10-6-17-5-4-11(10)14(13)16/h2-3,7-8,17H,4-6H2,1H3,(H,20,21). The zero-order valence-electron chi connectivity index (χ0n) is 11.6. The van der Waals surface area contributed by atoms with E-state index in [2.05, 4.69) is 20.6 Å². The van der Waals surface area contributed by atoms with Gasteiger partial charge in [0.15, 0.2) is 0 Å². The van der Waals surface area contributed by atoms with E-state index < -0.39 is 5.91 Å². The van der Waals surface area contributed by atoms with E-state index in [-0.39, 0.29) is 11.5 Å². The van der Waals surface area contributed by atoms with Crippen molar-refractivity contribution in [3.05, 3.63) is 52.9 Å². The van der Waals surface area contributed by atoms with Gasteiger partial charge in [0.05, 0.1) is 16.9 Å². The van der Waals surface area contributed by atoms with Gasteiger partial charge in [0.1, 0.15) is 12.1 Å². The smallest absolute Gasteiger partial charge is 0.259 e. The highest BCUT2D eigenvalue weighted by molar-refractivity contribution is 6.04. The van der Waals surface area contributed by atoms with Gasteiger partial charge in [-0.3, -0.25) is 4.79 Å². The number of carbonyl (C=O) groups excluding carboxylic acids is 1. The molecule has 0 spiro atoms. The number of hydrogen-bond acceptors (Lipinski definition) is 4. The molecule has 0 atom stereocenters. The summed E-state index contributed by atoms with van der Waals surface area (Å²) in [4.78, 5) is 20.0. The summed E-state index contributed by atoms with van der Waals surface area (Å²) in [5.74, 6) is -0.752. The molecule has 1 aromatic heterocycles. The summed E-state index contributed by atoms with van der Waals surface area (Å²) >= 11 is 0. The SMILES string of the molecule is Cc1ncncc1C(=O)Nc1ccc2c(c1F)CCNC2. The van der Waals surface area contributed by atoms with Crippen LogP contribution in [0.15, 0.2) is 24.7 Å². The Morgan fingerprint density at radius 2 is 2.29 bits per heavy atom. The molecule has 2 heterocycles. The Kier molecular flexibility index (Phi) is 3.62. The molecule has 1 aliphatic rings. The number of nitrogens with one attached hydrogen (secondary N) is 2. The molecule has 0 saturated heterocycles. The van der Waals surface area contributed by atoms with E-state index >= 15 is 0 Å². The highest BCUT2D eigenvalue weighted by Crippen LogP contribution is 2.25. The lowest BCUT2D eigenvalue weighted by Gasteiger charge is -2.19. The minimum Gasteiger partial charge on any atom is -0.319 e. The summed E-state index contributed by atoms with van der Waals surface area (Å²) in [6.07, 6.45) is 3.43. The molecule has 0 bridgehead atoms. The van der Waals surface area contributed by atoms with Crippen LogP contribution < -0.4 is 10.6 Å². The van der Waals surface area contributed by atoms with E-state index in [0.717, 1.165) is 12.1 Å². The second-order valence-corrected chi connectivity index (χ2v) is 4.97. The van der Waals surface area contributed by atoms with Crippen molar-refractivity contribution in [2.45, 2.75) is 19.9 Å². The fourth-order valence-corrected chi connectivity index (χ4v) is 2.43. The lowest BCUT2D eigenvalue weighted by molar-refractivity contribution is 0.102. The Morgan fingerprint density at radius 3 is 3.10 bits per heavy atom. The number of amides is 1. The number of anilines is 1. The number of aromatic nitrogens is 2. The summed E-state index contributed by atoms with van der Waals surface area (Å²) in [6.45, 7) is 3.12. The second kappa shape index (κ2) is 5.57. The Bertz CT molecular complexity index is 702. The summed E-state index contributed by atoms with van der Waals surface area (Å²) in [5, 5.41) is 5.79. The number of benzene rings is 1. The molecule has 0 radical (unpaired) electrons. The van der Waals surface area contributed by atoms with Crippen LogP contribution in [0.4, 0.5) is 10.1 Å². The summed E-state index contributed by atoms with van der Waals surface area (Å²) < 4.78 is 14.5. The first-order valence-electron chi connectivity index (χ1n) is 6.75. The molecule has 3 rings (SSSR count). The maximum atomic E-state index is 14.5. The van der Waals surface area contributed by atoms with Crippen LogP contribution in [0.1, 0.15) is 27.2 Å². The Balaban J connectivity index is 1.89. The summed E-state index contributed by atoms with van der Waals surface area (Å²) in [6, 6.07) is 3.44. The third-order valence-corrected chi connectivity index (χ3v) is 3.61. The summed E-state index contributed by atoms with van der Waals surface area (Å²) in [7, 11) is 0. The molecule has 6 heteroatoms. The molecule has 0 saturated carbocycles. The van der Waals surface area contributed by atoms with Gasteiger partial charge in [-0.2, -0.15) is 0 Å². The van der Waals surface area contributed by atoms with Crippen LogP contribution in [0.3, 0.4) is 0 Å². The van der Waals surface area contributed by atoms with Crippen LogP contribution in [-0.2, 0) is 13.0 Å². The van der Waals surface area contributed by atoms with Crippen molar-refractivity contribution >= 4 is 11.6 Å². The van der Waals surface area contributed by atoms with Crippen LogP contribution in [0.2, 0.25) is 0 Å². The van der Waals surface area contributed by atoms with Gasteiger partial charge in [-0.25, -0.2) is 14.4 Å². The summed E-state index contributed by atoms with van der Waals surface area (Å²) in [5.41, 5.74) is 2.72. The van der Waals surface area contributed by atoms with E-state index in [4.69, 9.17) is 0 Å². The number of hydrogen-bond donors (Lipinski definition) is 2. The third kappa shape index (κ3) is 2.62. The monoisotopic (exact) mass is 286 g/mol. The molecular weight excluding hydrogens is 271 g/mol. The molecule has 2 aromatic rings. The van der Waals surface area contributed by atoms with Crippen LogP contribution in [0.25, 0.3) is 0 Å². The largest absolute Gasteiger partial charge is 0.319 e. The highest BCUT2D eigenvalue weighted by atomic mass is 19.1. The van der Waals surface area contributed by atoms with Gasteiger partial charge < -0.3 is 10.6 Å². The first kappa shape index (κ1) is 13.6. The van der Waals surface area contributed by atoms with Crippen molar-refractivity contribution in [3.8, 4) is 0 Å². The van der Waals surface area contributed by atoms with Gasteiger partial charge in [-0.15, -0.1) is 0 Å². The lowest BCUT2D eigenvalue weighted by atomic mass is 9.99. The normalized spacial score (nSPS) is 13.6. The molecule has 0 aliphatic carbocycles. The van der Waals surface area contributed by atoms with Gasteiger partial charge >= 0.3 is 0 Å². The molecule has 0 unspecified atom stereocenters. The maximum Gasteiger partial charge on any atom is 0.259 e. The Hall–Kier alpha value is -2.34. The molecule has 1 amide bonds. The fourth-order valence-electron chi connectivity index (χ4n) is 2.43. The van der Waals surface area contributed by atoms with Crippen LogP contribution in [-0.4, -0.2) is 22.4 Å². The van der Waals surface area contributed by atoms with Gasteiger partial charge in [0, 0.05) is 12.7 Å². The Morgan fingerprint density at radius 1 is 1.43 bits per heavy atom. The average molecular weight is 286 g/mol. The Labute approximate surface area is 121 Å². The minimum atomic E-state index is -0.402. The van der Waals surface area contributed by atoms with Crippen LogP contribution in [0.5, 0.6) is 0 Å². The molecule has 1 aromatic carbocycles. The molecule has 0 fully saturated rings. The van der Waals surface area contributed by atoms with Crippen LogP contribution >= 0.6 is 0 Å². The molecular formula is C15H15FN4O. The fraction of sp³-hybridized carbons (Fsp3) is 0.267. The first-order valence-corrected chi connectivity index (χ1v) is 6.75. The van der Waals surface area contributed by atoms with Gasteiger partial charge in [-0.1, -0.05) is 6.07 Å². The molecule has 2 N–H and O–H groups in total. The van der Waals surface area contributed by atoms with E-state index in [1.165, 1.54) is 12.5 Å². The van der Waals surface area contributed by atoms with E-state index in [0.29, 0.717) is 29.8 Å². The number of carbonyl (C=O) groups is 1. The number of aryl methyl sites for hydroxylation is 1. The third-order valence-electron chi connectivity index (χ3n) is 3.61. The van der Waals surface area contributed by atoms with E-state index in [1.807, 2.05) is 6.07 Å². The maximum absolute atomic E-state index is 14.5. The average Bonchev–Trinajstić information content (AvgIpc) is 2.51. The highest BCUT2D eigenvalue weighted by Gasteiger charge is 2.18. The number of rotatable bonds is 2. The van der Waals surface area contributed by atoms with Crippen molar-refractivity contribution in [3.63, 3.8) is 0 Å². The molecule has 21 heavy (non-hydrogen) atoms. The molecule has 1 aliphatic heterocycles. The second-order valence-electron chi connectivity index (χ2n) is 4.97. The van der Waals surface area contributed by atoms with Crippen molar-refractivity contribution in [2.75, 3.05) is 11.9 Å². The number of fused-ring (bicyclic) bond motifs is 1. The lowest BCUT2D eigenvalue weighted by Crippen LogP contribution is -2.25. The van der Waals surface area contributed by atoms with Gasteiger partial charge in [-0.05, 0) is 37.1 Å². The van der Waals surface area contributed by atoms with Crippen molar-refractivity contribution in [1.29, 1.82) is 0 Å². The zero-order valence-corrected chi connectivity index (χ0v) is 11.6. The van der Waals surface area contributed by atoms with Crippen molar-refractivity contribution in [1.82, 2.24) is 15.3 Å². The predicted molar refractivity (Wildman–Crippen MR) is 76.5 cm³/mol. The number of halogens is 1. The molecule has 5 nitrogen and oxygen atoms in total. The van der Waals surface area contributed by atoms with E-state index in [9.17, 15) is 9.18 Å². The quantitative estimate of drug-likeness (QED) is 0.883. The number of nitrogens with zero attached hydrogens (tertiary/aromatic N) is 2. The van der Waals surface area contributed by atoms with Gasteiger partial charge in [0.25, 0.3) is 5.91 Å². The van der Waals surface area contributed by atoms with Crippen molar-refractivity contribution < 1.29 is 9.18 Å². The topological polar surface area (TPSA) is 66.9 Å². The minimum absolute atomic E-state index is 0.198. The van der Waals surface area contributed by atoms with Gasteiger partial charge in [0.2, 0.25) is 0 Å². The molecule has 108 valence electrons. The zero-order chi connectivity index (χ0) is 14.8. The van der Waals surface area contributed by atoms with Crippen molar-refractivity contribution in [2.24, 2.45) is 0 Å². The first-order chi connectivity index (χ1) is 10.2. The van der Waals surface area contributed by atoms with E-state index in [1.54, 1.807) is 13.0 Å².